The Balaban J connectivity index is 1.76. The maximum atomic E-state index is 13.9. The molecule has 3 aromatic heterocycles. The van der Waals surface area contributed by atoms with E-state index in [1.54, 1.807) is 13.1 Å². The van der Waals surface area contributed by atoms with E-state index in [1.807, 2.05) is 65.1 Å². The molecule has 248 valence electrons. The largest absolute Gasteiger partial charge is 0.496 e. The number of hydrogen-bond donors (Lipinski definition) is 2. The van der Waals surface area contributed by atoms with Crippen LogP contribution in [0.5, 0.6) is 0 Å². The standard InChI is InChI=1S/C34H43F3N6O3/c1-21-8-9-27(24(4)40-21)28-10-11-43-30(28)17-29(33(45)39-18-26(19-44)31(46-7)16-22(2)38-6)23(3)32(43)25(5)42-14-12-41(13-15-42)20-34(35,36)37/h8-11,16-17,19,25,38H,12-15,18,20H2,1-7H3,(H,39,45)/b22-16-,31-26+. The van der Waals surface area contributed by atoms with Crippen molar-refractivity contribution in [1.82, 2.24) is 29.8 Å². The fourth-order valence-electron chi connectivity index (χ4n) is 6.06. The molecule has 1 aliphatic heterocycles. The molecule has 0 saturated carbocycles. The first kappa shape index (κ1) is 34.7. The summed E-state index contributed by atoms with van der Waals surface area (Å²) < 4.78 is 46.6. The van der Waals surface area contributed by atoms with Gasteiger partial charge in [0.1, 0.15) is 5.76 Å². The highest BCUT2D eigenvalue weighted by Gasteiger charge is 2.34. The van der Waals surface area contributed by atoms with Gasteiger partial charge in [-0.05, 0) is 64.5 Å². The molecule has 9 nitrogen and oxygen atoms in total. The topological polar surface area (TPSA) is 91.2 Å². The highest BCUT2D eigenvalue weighted by molar-refractivity contribution is 5.99. The number of piperazine rings is 1. The number of aldehydes is 1. The molecule has 1 fully saturated rings. The van der Waals surface area contributed by atoms with Crippen LogP contribution in [-0.2, 0) is 9.53 Å². The summed E-state index contributed by atoms with van der Waals surface area (Å²) in [5, 5.41) is 5.88. The van der Waals surface area contributed by atoms with Crippen LogP contribution in [0.4, 0.5) is 13.2 Å². The van der Waals surface area contributed by atoms with Gasteiger partial charge < -0.3 is 19.8 Å². The van der Waals surface area contributed by atoms with E-state index in [9.17, 15) is 22.8 Å². The molecule has 0 aliphatic carbocycles. The van der Waals surface area contributed by atoms with Crippen LogP contribution in [0.25, 0.3) is 16.6 Å². The molecule has 1 atom stereocenters. The van der Waals surface area contributed by atoms with Gasteiger partial charge in [0.15, 0.2) is 6.29 Å². The van der Waals surface area contributed by atoms with Crippen LogP contribution >= 0.6 is 0 Å². The van der Waals surface area contributed by atoms with E-state index in [4.69, 9.17) is 4.74 Å². The van der Waals surface area contributed by atoms with Crippen molar-refractivity contribution in [2.75, 3.05) is 53.4 Å². The molecule has 12 heteroatoms. The van der Waals surface area contributed by atoms with Crippen molar-refractivity contribution in [3.05, 3.63) is 81.8 Å². The first-order valence-corrected chi connectivity index (χ1v) is 15.3. The Kier molecular flexibility index (Phi) is 10.9. The second-order valence-electron chi connectivity index (χ2n) is 11.7. The lowest BCUT2D eigenvalue weighted by atomic mass is 9.98. The van der Waals surface area contributed by atoms with Gasteiger partial charge in [0, 0.05) is 91.5 Å². The highest BCUT2D eigenvalue weighted by Crippen LogP contribution is 2.35. The third kappa shape index (κ3) is 7.79. The molecule has 2 N–H and O–H groups in total. The van der Waals surface area contributed by atoms with Crippen molar-refractivity contribution >= 4 is 17.7 Å². The SMILES string of the molecule is CN/C(C)=C\C(OC)=C(/C=O)CNC(=O)c1cc2c(-c3ccc(C)nc3C)ccn2c(C(C)N2CCN(CC(F)(F)F)CC2)c1C. The summed E-state index contributed by atoms with van der Waals surface area (Å²) in [7, 11) is 3.22. The number of alkyl halides is 3. The minimum Gasteiger partial charge on any atom is -0.496 e. The van der Waals surface area contributed by atoms with Gasteiger partial charge in [0.25, 0.3) is 5.91 Å². The molecular formula is C34H43F3N6O3. The first-order valence-electron chi connectivity index (χ1n) is 15.3. The first-order chi connectivity index (χ1) is 21.8. The van der Waals surface area contributed by atoms with Crippen LogP contribution in [0, 0.1) is 20.8 Å². The van der Waals surface area contributed by atoms with Gasteiger partial charge in [-0.1, -0.05) is 6.07 Å². The monoisotopic (exact) mass is 640 g/mol. The number of methoxy groups -OCH3 is 1. The number of aromatic nitrogens is 2. The number of amides is 1. The molecule has 4 rings (SSSR count). The Morgan fingerprint density at radius 3 is 2.39 bits per heavy atom. The molecule has 3 aromatic rings. The number of carbonyl (C=O) groups excluding carboxylic acids is 2. The van der Waals surface area contributed by atoms with E-state index < -0.39 is 12.7 Å². The van der Waals surface area contributed by atoms with E-state index in [2.05, 4.69) is 24.9 Å². The van der Waals surface area contributed by atoms with E-state index in [0.717, 1.165) is 45.0 Å². The van der Waals surface area contributed by atoms with Gasteiger partial charge in [-0.2, -0.15) is 13.2 Å². The van der Waals surface area contributed by atoms with Crippen LogP contribution < -0.4 is 10.6 Å². The predicted octanol–water partition coefficient (Wildman–Crippen LogP) is 5.12. The van der Waals surface area contributed by atoms with Gasteiger partial charge in [-0.25, -0.2) is 0 Å². The molecule has 1 saturated heterocycles. The smallest absolute Gasteiger partial charge is 0.401 e. The quantitative estimate of drug-likeness (QED) is 0.130. The summed E-state index contributed by atoms with van der Waals surface area (Å²) >= 11 is 0. The minimum absolute atomic E-state index is 0.0511. The van der Waals surface area contributed by atoms with Crippen molar-refractivity contribution in [2.45, 2.75) is 46.8 Å². The number of allylic oxidation sites excluding steroid dienone is 2. The van der Waals surface area contributed by atoms with E-state index in [0.29, 0.717) is 43.8 Å². The summed E-state index contributed by atoms with van der Waals surface area (Å²) in [6.45, 7) is 10.1. The maximum Gasteiger partial charge on any atom is 0.401 e. The van der Waals surface area contributed by atoms with Crippen LogP contribution in [0.3, 0.4) is 0 Å². The van der Waals surface area contributed by atoms with Gasteiger partial charge in [-0.15, -0.1) is 0 Å². The average molecular weight is 641 g/mol. The van der Waals surface area contributed by atoms with Crippen molar-refractivity contribution in [3.8, 4) is 11.1 Å². The molecule has 0 radical (unpaired) electrons. The fraction of sp³-hybridized carbons (Fsp3) is 0.441. The number of ether oxygens (including phenoxy) is 1. The number of nitrogens with one attached hydrogen (secondary N) is 2. The second-order valence-corrected chi connectivity index (χ2v) is 11.7. The molecule has 1 unspecified atom stereocenters. The van der Waals surface area contributed by atoms with E-state index in [-0.39, 0.29) is 24.1 Å². The zero-order valence-corrected chi connectivity index (χ0v) is 27.5. The normalized spacial score (nSPS) is 16.3. The summed E-state index contributed by atoms with van der Waals surface area (Å²) in [5.41, 5.74) is 7.50. The Hall–Kier alpha value is -4.16. The van der Waals surface area contributed by atoms with Gasteiger partial charge >= 0.3 is 6.18 Å². The van der Waals surface area contributed by atoms with Gasteiger partial charge in [0.2, 0.25) is 0 Å². The number of carbonyl (C=O) groups is 2. The number of halogens is 3. The fourth-order valence-corrected chi connectivity index (χ4v) is 6.06. The van der Waals surface area contributed by atoms with Crippen molar-refractivity contribution in [3.63, 3.8) is 0 Å². The number of pyridine rings is 2. The predicted molar refractivity (Wildman–Crippen MR) is 173 cm³/mol. The van der Waals surface area contributed by atoms with Crippen LogP contribution in [0.1, 0.15) is 52.9 Å². The number of aryl methyl sites for hydroxylation is 2. The molecule has 1 amide bonds. The molecule has 0 aromatic carbocycles. The number of hydrogen-bond acceptors (Lipinski definition) is 7. The number of rotatable bonds is 11. The highest BCUT2D eigenvalue weighted by atomic mass is 19.4. The van der Waals surface area contributed by atoms with E-state index >= 15 is 0 Å². The zero-order valence-electron chi connectivity index (χ0n) is 27.5. The zero-order chi connectivity index (χ0) is 33.8. The molecule has 0 spiro atoms. The molecule has 1 aliphatic rings. The Morgan fingerprint density at radius 2 is 1.80 bits per heavy atom. The lowest BCUT2D eigenvalue weighted by Gasteiger charge is -2.39. The number of nitrogens with zero attached hydrogens (tertiary/aromatic N) is 4. The van der Waals surface area contributed by atoms with Gasteiger partial charge in [-0.3, -0.25) is 24.4 Å². The molecular weight excluding hydrogens is 597 g/mol. The van der Waals surface area contributed by atoms with Crippen molar-refractivity contribution in [2.24, 2.45) is 0 Å². The lowest BCUT2D eigenvalue weighted by Crippen LogP contribution is -2.49. The van der Waals surface area contributed by atoms with Gasteiger partial charge in [0.05, 0.1) is 24.7 Å². The number of fused-ring (bicyclic) bond motifs is 1. The van der Waals surface area contributed by atoms with Crippen LogP contribution in [0.2, 0.25) is 0 Å². The molecule has 0 bridgehead atoms. The molecule has 4 heterocycles. The molecule has 46 heavy (non-hydrogen) atoms. The van der Waals surface area contributed by atoms with Crippen LogP contribution in [-0.4, -0.2) is 91.0 Å². The third-order valence-electron chi connectivity index (χ3n) is 8.63. The average Bonchev–Trinajstić information content (AvgIpc) is 3.42. The second kappa shape index (κ2) is 14.5. The third-order valence-corrected chi connectivity index (χ3v) is 8.63. The van der Waals surface area contributed by atoms with Crippen molar-refractivity contribution < 1.29 is 27.5 Å². The summed E-state index contributed by atoms with van der Waals surface area (Å²) in [5.74, 6) is -0.0250. The Bertz CT molecular complexity index is 1650. The lowest BCUT2D eigenvalue weighted by molar-refractivity contribution is -0.149. The summed E-state index contributed by atoms with van der Waals surface area (Å²) in [6.07, 6.45) is 0.0811. The Labute approximate surface area is 268 Å². The van der Waals surface area contributed by atoms with E-state index in [1.165, 1.54) is 12.0 Å². The summed E-state index contributed by atoms with van der Waals surface area (Å²) in [4.78, 5) is 34.1. The summed E-state index contributed by atoms with van der Waals surface area (Å²) in [6, 6.07) is 7.61. The minimum atomic E-state index is -4.24. The Morgan fingerprint density at radius 1 is 1.11 bits per heavy atom. The van der Waals surface area contributed by atoms with Crippen molar-refractivity contribution in [1.29, 1.82) is 0 Å². The maximum absolute atomic E-state index is 13.9. The van der Waals surface area contributed by atoms with Crippen LogP contribution in [0.15, 0.2) is 53.6 Å².